The summed E-state index contributed by atoms with van der Waals surface area (Å²) in [6, 6.07) is 15.5. The van der Waals surface area contributed by atoms with E-state index < -0.39 is 0 Å². The summed E-state index contributed by atoms with van der Waals surface area (Å²) in [6.07, 6.45) is 2.82. The zero-order valence-corrected chi connectivity index (χ0v) is 17.1. The van der Waals surface area contributed by atoms with E-state index in [9.17, 15) is 4.79 Å². The van der Waals surface area contributed by atoms with Gasteiger partial charge in [0.25, 0.3) is 5.91 Å². The zero-order chi connectivity index (χ0) is 19.8. The molecule has 29 heavy (non-hydrogen) atoms. The van der Waals surface area contributed by atoms with Crippen molar-refractivity contribution in [2.75, 3.05) is 42.9 Å². The second-order valence-corrected chi connectivity index (χ2v) is 8.59. The van der Waals surface area contributed by atoms with E-state index in [0.29, 0.717) is 10.7 Å². The van der Waals surface area contributed by atoms with Crippen molar-refractivity contribution in [1.29, 1.82) is 0 Å². The molecule has 0 bridgehead atoms. The van der Waals surface area contributed by atoms with Crippen LogP contribution in [-0.4, -0.2) is 48.5 Å². The van der Waals surface area contributed by atoms with Gasteiger partial charge in [-0.15, -0.1) is 0 Å². The van der Waals surface area contributed by atoms with E-state index >= 15 is 0 Å². The Kier molecular flexibility index (Phi) is 4.94. The lowest BCUT2D eigenvalue weighted by molar-refractivity contribution is 0.102. The first-order chi connectivity index (χ1) is 14.1. The minimum absolute atomic E-state index is 0.149. The van der Waals surface area contributed by atoms with Crippen LogP contribution in [0.1, 0.15) is 23.3 Å². The highest BCUT2D eigenvalue weighted by Crippen LogP contribution is 2.30. The molecule has 150 valence electrons. The highest BCUT2D eigenvalue weighted by Gasteiger charge is 2.26. The van der Waals surface area contributed by atoms with E-state index in [0.717, 1.165) is 54.4 Å². The van der Waals surface area contributed by atoms with Gasteiger partial charge in [0.2, 0.25) is 0 Å². The summed E-state index contributed by atoms with van der Waals surface area (Å²) in [7, 11) is 0. The molecule has 1 aliphatic heterocycles. The maximum atomic E-state index is 12.7. The fourth-order valence-corrected chi connectivity index (χ4v) is 4.23. The van der Waals surface area contributed by atoms with Gasteiger partial charge in [-0.1, -0.05) is 23.7 Å². The van der Waals surface area contributed by atoms with E-state index in [4.69, 9.17) is 11.6 Å². The molecule has 5 nitrogen and oxygen atoms in total. The average molecular weight is 409 g/mol. The van der Waals surface area contributed by atoms with Gasteiger partial charge in [-0.25, -0.2) is 0 Å². The van der Waals surface area contributed by atoms with Crippen LogP contribution < -0.4 is 10.2 Å². The van der Waals surface area contributed by atoms with E-state index in [1.807, 2.05) is 36.4 Å². The van der Waals surface area contributed by atoms with Gasteiger partial charge in [0.05, 0.1) is 0 Å². The van der Waals surface area contributed by atoms with Gasteiger partial charge in [-0.05, 0) is 55.2 Å². The molecule has 1 saturated carbocycles. The van der Waals surface area contributed by atoms with Gasteiger partial charge in [-0.2, -0.15) is 0 Å². The Morgan fingerprint density at radius 2 is 1.90 bits per heavy atom. The molecule has 1 aliphatic carbocycles. The van der Waals surface area contributed by atoms with Crippen molar-refractivity contribution in [3.8, 4) is 0 Å². The molecule has 0 atom stereocenters. The van der Waals surface area contributed by atoms with Crippen LogP contribution in [0.25, 0.3) is 10.9 Å². The number of rotatable bonds is 5. The number of halogens is 1. The third kappa shape index (κ3) is 4.26. The predicted molar refractivity (Wildman–Crippen MR) is 119 cm³/mol. The number of hydrogen-bond acceptors (Lipinski definition) is 3. The maximum Gasteiger partial charge on any atom is 0.272 e. The van der Waals surface area contributed by atoms with Crippen molar-refractivity contribution >= 4 is 39.8 Å². The van der Waals surface area contributed by atoms with Gasteiger partial charge in [0, 0.05) is 60.0 Å². The fourth-order valence-electron chi connectivity index (χ4n) is 4.05. The summed E-state index contributed by atoms with van der Waals surface area (Å²) in [4.78, 5) is 20.9. The smallest absolute Gasteiger partial charge is 0.272 e. The molecule has 3 aromatic rings. The van der Waals surface area contributed by atoms with Gasteiger partial charge in [0.15, 0.2) is 0 Å². The van der Waals surface area contributed by atoms with Crippen LogP contribution in [0.3, 0.4) is 0 Å². The normalized spacial score (nSPS) is 17.6. The van der Waals surface area contributed by atoms with Gasteiger partial charge in [-0.3, -0.25) is 9.69 Å². The Morgan fingerprint density at radius 1 is 1.07 bits per heavy atom. The highest BCUT2D eigenvalue weighted by atomic mass is 35.5. The number of nitrogens with zero attached hydrogens (tertiary/aromatic N) is 2. The third-order valence-corrected chi connectivity index (χ3v) is 6.12. The standard InChI is InChI=1S/C23H25ClN4O/c24-18-7-6-17-12-22(26-21(17)13-18)23(29)25-19-2-1-3-20(14-19)28-10-8-27(9-11-28)15-16-4-5-16/h1-3,6-7,12-14,16,26H,4-5,8-11,15H2,(H,25,29). The summed E-state index contributed by atoms with van der Waals surface area (Å²) >= 11 is 6.04. The lowest BCUT2D eigenvalue weighted by atomic mass is 10.2. The predicted octanol–water partition coefficient (Wildman–Crippen LogP) is 4.61. The van der Waals surface area contributed by atoms with Gasteiger partial charge < -0.3 is 15.2 Å². The van der Waals surface area contributed by atoms with E-state index in [1.165, 1.54) is 19.4 Å². The van der Waals surface area contributed by atoms with Gasteiger partial charge in [0.1, 0.15) is 5.69 Å². The number of hydrogen-bond donors (Lipinski definition) is 2. The number of nitrogens with one attached hydrogen (secondary N) is 2. The number of H-pyrrole nitrogens is 1. The number of anilines is 2. The van der Waals surface area contributed by atoms with E-state index in [1.54, 1.807) is 0 Å². The molecular weight excluding hydrogens is 384 g/mol. The van der Waals surface area contributed by atoms with Crippen LogP contribution in [0.4, 0.5) is 11.4 Å². The molecule has 2 aliphatic rings. The molecule has 0 spiro atoms. The van der Waals surface area contributed by atoms with E-state index in [-0.39, 0.29) is 5.91 Å². The average Bonchev–Trinajstić information content (AvgIpc) is 3.44. The fraction of sp³-hybridized carbons (Fsp3) is 0.348. The monoisotopic (exact) mass is 408 g/mol. The molecule has 2 N–H and O–H groups in total. The van der Waals surface area contributed by atoms with Crippen LogP contribution in [-0.2, 0) is 0 Å². The third-order valence-electron chi connectivity index (χ3n) is 5.88. The Hall–Kier alpha value is -2.50. The van der Waals surface area contributed by atoms with Crippen molar-refractivity contribution in [1.82, 2.24) is 9.88 Å². The van der Waals surface area contributed by atoms with E-state index in [2.05, 4.69) is 32.2 Å². The number of fused-ring (bicyclic) bond motifs is 1. The minimum Gasteiger partial charge on any atom is -0.369 e. The molecule has 1 amide bonds. The molecule has 2 heterocycles. The summed E-state index contributed by atoms with van der Waals surface area (Å²) < 4.78 is 0. The van der Waals surface area contributed by atoms with Gasteiger partial charge >= 0.3 is 0 Å². The SMILES string of the molecule is O=C(Nc1cccc(N2CCN(CC3CC3)CC2)c1)c1cc2ccc(Cl)cc2[nH]1. The summed E-state index contributed by atoms with van der Waals surface area (Å²) in [5, 5.41) is 4.64. The van der Waals surface area contributed by atoms with Crippen molar-refractivity contribution in [2.24, 2.45) is 5.92 Å². The largest absolute Gasteiger partial charge is 0.369 e. The second kappa shape index (κ2) is 7.73. The molecule has 2 aromatic carbocycles. The number of aromatic nitrogens is 1. The molecule has 1 saturated heterocycles. The lowest BCUT2D eigenvalue weighted by Crippen LogP contribution is -2.47. The van der Waals surface area contributed by atoms with Crippen LogP contribution in [0.5, 0.6) is 0 Å². The number of carbonyl (C=O) groups excluding carboxylic acids is 1. The molecule has 5 rings (SSSR count). The summed E-state index contributed by atoms with van der Waals surface area (Å²) in [5.41, 5.74) is 3.36. The Bertz CT molecular complexity index is 1030. The topological polar surface area (TPSA) is 51.4 Å². The molecule has 2 fully saturated rings. The van der Waals surface area contributed by atoms with Crippen molar-refractivity contribution in [3.63, 3.8) is 0 Å². The Labute approximate surface area is 175 Å². The summed E-state index contributed by atoms with van der Waals surface area (Å²) in [5.74, 6) is 0.796. The first kappa shape index (κ1) is 18.5. The van der Waals surface area contributed by atoms with Crippen LogP contribution >= 0.6 is 11.6 Å². The highest BCUT2D eigenvalue weighted by molar-refractivity contribution is 6.31. The molecular formula is C23H25ClN4O. The maximum absolute atomic E-state index is 12.7. The molecule has 6 heteroatoms. The van der Waals surface area contributed by atoms with Crippen molar-refractivity contribution < 1.29 is 4.79 Å². The van der Waals surface area contributed by atoms with Crippen molar-refractivity contribution in [2.45, 2.75) is 12.8 Å². The molecule has 0 unspecified atom stereocenters. The number of amides is 1. The molecule has 1 aromatic heterocycles. The minimum atomic E-state index is -0.149. The van der Waals surface area contributed by atoms with Crippen LogP contribution in [0, 0.1) is 5.92 Å². The van der Waals surface area contributed by atoms with Crippen LogP contribution in [0.15, 0.2) is 48.5 Å². The summed E-state index contributed by atoms with van der Waals surface area (Å²) in [6.45, 7) is 5.56. The Morgan fingerprint density at radius 3 is 2.69 bits per heavy atom. The first-order valence-corrected chi connectivity index (χ1v) is 10.7. The quantitative estimate of drug-likeness (QED) is 0.648. The van der Waals surface area contributed by atoms with Crippen molar-refractivity contribution in [3.05, 3.63) is 59.2 Å². The lowest BCUT2D eigenvalue weighted by Gasteiger charge is -2.36. The van der Waals surface area contributed by atoms with Crippen LogP contribution in [0.2, 0.25) is 5.02 Å². The first-order valence-electron chi connectivity index (χ1n) is 10.3. The zero-order valence-electron chi connectivity index (χ0n) is 16.3. The Balaban J connectivity index is 1.25. The number of benzene rings is 2. The number of aromatic amines is 1. The number of piperazine rings is 1. The number of carbonyl (C=O) groups is 1. The second-order valence-electron chi connectivity index (χ2n) is 8.15. The molecule has 0 radical (unpaired) electrons.